The van der Waals surface area contributed by atoms with Crippen molar-refractivity contribution in [3.63, 3.8) is 0 Å². The first kappa shape index (κ1) is 14.6. The third kappa shape index (κ3) is 3.38. The van der Waals surface area contributed by atoms with Crippen molar-refractivity contribution < 1.29 is 4.79 Å². The monoisotopic (exact) mass is 273 g/mol. The zero-order valence-corrected chi connectivity index (χ0v) is 12.5. The molecule has 1 atom stereocenters. The van der Waals surface area contributed by atoms with Crippen LogP contribution < -0.4 is 5.32 Å². The van der Waals surface area contributed by atoms with Crippen molar-refractivity contribution in [3.8, 4) is 0 Å². The topological polar surface area (TPSA) is 44.7 Å². The van der Waals surface area contributed by atoms with Crippen LogP contribution in [0, 0.1) is 5.92 Å². The maximum Gasteiger partial charge on any atom is 0.254 e. The van der Waals surface area contributed by atoms with Crippen LogP contribution in [-0.2, 0) is 4.79 Å². The number of benzene rings is 1. The van der Waals surface area contributed by atoms with Crippen LogP contribution in [0.5, 0.6) is 0 Å². The molecule has 4 heteroatoms. The Kier molecular flexibility index (Phi) is 4.77. The average molecular weight is 273 g/mol. The van der Waals surface area contributed by atoms with Crippen LogP contribution in [0.25, 0.3) is 0 Å². The van der Waals surface area contributed by atoms with E-state index in [0.29, 0.717) is 18.4 Å². The Labute approximate surface area is 120 Å². The maximum atomic E-state index is 12.4. The third-order valence-electron chi connectivity index (χ3n) is 3.26. The minimum atomic E-state index is -0.229. The summed E-state index contributed by atoms with van der Waals surface area (Å²) in [6, 6.07) is 9.63. The fourth-order valence-electron chi connectivity index (χ4n) is 2.35. The van der Waals surface area contributed by atoms with E-state index in [4.69, 9.17) is 0 Å². The lowest BCUT2D eigenvalue weighted by molar-refractivity contribution is -0.127. The van der Waals surface area contributed by atoms with E-state index in [-0.39, 0.29) is 11.9 Å². The lowest BCUT2D eigenvalue weighted by Crippen LogP contribution is -2.39. The quantitative estimate of drug-likeness (QED) is 0.896. The van der Waals surface area contributed by atoms with E-state index < -0.39 is 0 Å². The molecule has 1 aromatic rings. The summed E-state index contributed by atoms with van der Waals surface area (Å²) < 4.78 is 0. The standard InChI is InChI=1S/C16H23N3O/c1-4-10-19-15(20)14(11-12(2)3)18-16(19)17-13-8-6-5-7-9-13/h5-9,12,14H,4,10-11H2,1-3H3,(H,17,18)/t14-/m0/s1. The zero-order chi connectivity index (χ0) is 14.5. The Balaban J connectivity index is 2.15. The molecule has 0 saturated heterocycles. The molecule has 20 heavy (non-hydrogen) atoms. The minimum Gasteiger partial charge on any atom is -0.326 e. The first-order chi connectivity index (χ1) is 9.61. The number of nitrogens with zero attached hydrogens (tertiary/aromatic N) is 2. The zero-order valence-electron chi connectivity index (χ0n) is 12.5. The second-order valence-electron chi connectivity index (χ2n) is 5.58. The Morgan fingerprint density at radius 1 is 1.30 bits per heavy atom. The number of hydrogen-bond donors (Lipinski definition) is 1. The van der Waals surface area contributed by atoms with E-state index in [1.54, 1.807) is 4.90 Å². The summed E-state index contributed by atoms with van der Waals surface area (Å²) >= 11 is 0. The number of hydrogen-bond acceptors (Lipinski definition) is 3. The molecule has 0 bridgehead atoms. The Morgan fingerprint density at radius 3 is 2.60 bits per heavy atom. The predicted molar refractivity (Wildman–Crippen MR) is 82.7 cm³/mol. The highest BCUT2D eigenvalue weighted by Crippen LogP contribution is 2.20. The molecule has 0 radical (unpaired) electrons. The molecular formula is C16H23N3O. The van der Waals surface area contributed by atoms with E-state index in [1.807, 2.05) is 30.3 Å². The SMILES string of the molecule is CCCN1C(=O)[C@H](CC(C)C)N=C1Nc1ccccc1. The van der Waals surface area contributed by atoms with E-state index in [9.17, 15) is 4.79 Å². The Bertz CT molecular complexity index is 482. The van der Waals surface area contributed by atoms with Gasteiger partial charge in [0.05, 0.1) is 0 Å². The number of nitrogens with one attached hydrogen (secondary N) is 1. The normalized spacial score (nSPS) is 18.6. The number of aliphatic imine (C=N–C) groups is 1. The Hall–Kier alpha value is -1.84. The average Bonchev–Trinajstić information content (AvgIpc) is 2.68. The fraction of sp³-hybridized carbons (Fsp3) is 0.500. The molecule has 0 fully saturated rings. The van der Waals surface area contributed by atoms with Gasteiger partial charge < -0.3 is 5.32 Å². The van der Waals surface area contributed by atoms with Gasteiger partial charge in [-0.1, -0.05) is 39.0 Å². The summed E-state index contributed by atoms with van der Waals surface area (Å²) in [5.74, 6) is 1.28. The lowest BCUT2D eigenvalue weighted by Gasteiger charge is -2.19. The molecular weight excluding hydrogens is 250 g/mol. The molecule has 1 aliphatic rings. The van der Waals surface area contributed by atoms with Crippen LogP contribution in [0.3, 0.4) is 0 Å². The van der Waals surface area contributed by atoms with Crippen LogP contribution in [0.15, 0.2) is 35.3 Å². The molecule has 1 aromatic carbocycles. The second kappa shape index (κ2) is 6.55. The van der Waals surface area contributed by atoms with Crippen molar-refractivity contribution in [2.24, 2.45) is 10.9 Å². The first-order valence-electron chi connectivity index (χ1n) is 7.33. The van der Waals surface area contributed by atoms with Crippen molar-refractivity contribution in [2.75, 3.05) is 11.9 Å². The van der Waals surface area contributed by atoms with Crippen LogP contribution in [0.2, 0.25) is 0 Å². The lowest BCUT2D eigenvalue weighted by atomic mass is 10.0. The van der Waals surface area contributed by atoms with Gasteiger partial charge in [0.2, 0.25) is 5.96 Å². The first-order valence-corrected chi connectivity index (χ1v) is 7.33. The van der Waals surface area contributed by atoms with Crippen LogP contribution in [0.1, 0.15) is 33.6 Å². The van der Waals surface area contributed by atoms with Gasteiger partial charge in [-0.2, -0.15) is 0 Å². The number of rotatable bonds is 5. The van der Waals surface area contributed by atoms with E-state index >= 15 is 0 Å². The smallest absolute Gasteiger partial charge is 0.254 e. The van der Waals surface area contributed by atoms with Gasteiger partial charge in [0.1, 0.15) is 6.04 Å². The minimum absolute atomic E-state index is 0.124. The summed E-state index contributed by atoms with van der Waals surface area (Å²) in [6.07, 6.45) is 1.73. The molecule has 108 valence electrons. The van der Waals surface area contributed by atoms with Crippen molar-refractivity contribution >= 4 is 17.6 Å². The van der Waals surface area contributed by atoms with Crippen molar-refractivity contribution in [1.29, 1.82) is 0 Å². The summed E-state index contributed by atoms with van der Waals surface area (Å²) in [7, 11) is 0. The van der Waals surface area contributed by atoms with Crippen molar-refractivity contribution in [2.45, 2.75) is 39.7 Å². The van der Waals surface area contributed by atoms with Gasteiger partial charge >= 0.3 is 0 Å². The van der Waals surface area contributed by atoms with Gasteiger partial charge in [-0.05, 0) is 30.9 Å². The van der Waals surface area contributed by atoms with Gasteiger partial charge in [0.15, 0.2) is 0 Å². The van der Waals surface area contributed by atoms with Crippen molar-refractivity contribution in [1.82, 2.24) is 4.90 Å². The van der Waals surface area contributed by atoms with E-state index in [1.165, 1.54) is 0 Å². The molecule has 1 aliphatic heterocycles. The molecule has 2 rings (SSSR count). The number of guanidine groups is 1. The van der Waals surface area contributed by atoms with Gasteiger partial charge in [0, 0.05) is 12.2 Å². The second-order valence-corrected chi connectivity index (χ2v) is 5.58. The highest BCUT2D eigenvalue weighted by molar-refractivity contribution is 6.10. The number of carbonyl (C=O) groups excluding carboxylic acids is 1. The van der Waals surface area contributed by atoms with Gasteiger partial charge in [-0.3, -0.25) is 9.69 Å². The number of para-hydroxylation sites is 1. The van der Waals surface area contributed by atoms with Crippen LogP contribution in [0.4, 0.5) is 5.69 Å². The summed E-state index contributed by atoms with van der Waals surface area (Å²) in [6.45, 7) is 7.03. The molecule has 1 amide bonds. The number of anilines is 1. The number of amides is 1. The molecule has 0 saturated carbocycles. The molecule has 0 aliphatic carbocycles. The molecule has 0 spiro atoms. The van der Waals surface area contributed by atoms with Gasteiger partial charge in [0.25, 0.3) is 5.91 Å². The maximum absolute atomic E-state index is 12.4. The molecule has 0 aromatic heterocycles. The summed E-state index contributed by atoms with van der Waals surface area (Å²) in [4.78, 5) is 18.8. The van der Waals surface area contributed by atoms with Gasteiger partial charge in [-0.25, -0.2) is 4.99 Å². The third-order valence-corrected chi connectivity index (χ3v) is 3.26. The summed E-state index contributed by atoms with van der Waals surface area (Å²) in [5.41, 5.74) is 0.963. The van der Waals surface area contributed by atoms with E-state index in [0.717, 1.165) is 18.5 Å². The predicted octanol–water partition coefficient (Wildman–Crippen LogP) is 3.12. The summed E-state index contributed by atoms with van der Waals surface area (Å²) in [5, 5.41) is 3.26. The molecule has 1 heterocycles. The highest BCUT2D eigenvalue weighted by Gasteiger charge is 2.34. The van der Waals surface area contributed by atoms with Crippen LogP contribution >= 0.6 is 0 Å². The van der Waals surface area contributed by atoms with E-state index in [2.05, 4.69) is 31.1 Å². The molecule has 0 unspecified atom stereocenters. The van der Waals surface area contributed by atoms with Crippen molar-refractivity contribution in [3.05, 3.63) is 30.3 Å². The molecule has 1 N–H and O–H groups in total. The largest absolute Gasteiger partial charge is 0.326 e. The molecule has 4 nitrogen and oxygen atoms in total. The van der Waals surface area contributed by atoms with Gasteiger partial charge in [-0.15, -0.1) is 0 Å². The fourth-order valence-corrected chi connectivity index (χ4v) is 2.35. The van der Waals surface area contributed by atoms with Crippen LogP contribution in [-0.4, -0.2) is 29.4 Å². The Morgan fingerprint density at radius 2 is 2.00 bits per heavy atom. The highest BCUT2D eigenvalue weighted by atomic mass is 16.2. The number of carbonyl (C=O) groups is 1.